The summed E-state index contributed by atoms with van der Waals surface area (Å²) in [4.78, 5) is 19.6. The third-order valence-corrected chi connectivity index (χ3v) is 6.76. The molecule has 0 radical (unpaired) electrons. The number of amides is 1. The zero-order valence-corrected chi connectivity index (χ0v) is 19.1. The van der Waals surface area contributed by atoms with Gasteiger partial charge in [0, 0.05) is 11.6 Å². The number of ether oxygens (including phenoxy) is 2. The van der Waals surface area contributed by atoms with Gasteiger partial charge in [0.15, 0.2) is 11.7 Å². The minimum Gasteiger partial charge on any atom is -0.482 e. The van der Waals surface area contributed by atoms with Crippen molar-refractivity contribution in [3.63, 3.8) is 0 Å². The molecule has 0 bridgehead atoms. The Bertz CT molecular complexity index is 1080. The minimum absolute atomic E-state index is 0.00270. The standard InChI is InChI=1S/C22H22Cl2N2O3S/c1-13-8-14(2)21-18(9-13)25-22(30-21)26(11-16-4-3-7-28-16)20(27)12-29-19-6-5-15(23)10-17(19)24/h5-6,8-10,16H,3-4,7,11-12H2,1-2H3. The third kappa shape index (κ3) is 4.72. The van der Waals surface area contributed by atoms with E-state index >= 15 is 0 Å². The van der Waals surface area contributed by atoms with E-state index in [2.05, 4.69) is 13.0 Å². The molecule has 0 saturated carbocycles. The van der Waals surface area contributed by atoms with E-state index in [0.717, 1.165) is 40.8 Å². The fourth-order valence-corrected chi connectivity index (χ4v) is 5.07. The van der Waals surface area contributed by atoms with E-state index in [9.17, 15) is 4.79 Å². The zero-order valence-electron chi connectivity index (χ0n) is 16.8. The molecule has 1 aromatic heterocycles. The third-order valence-electron chi connectivity index (χ3n) is 5.00. The molecule has 0 aliphatic carbocycles. The average molecular weight is 465 g/mol. The van der Waals surface area contributed by atoms with E-state index in [1.54, 1.807) is 23.1 Å². The van der Waals surface area contributed by atoms with E-state index in [1.807, 2.05) is 13.0 Å². The monoisotopic (exact) mass is 464 g/mol. The molecule has 2 aromatic carbocycles. The second-order valence-electron chi connectivity index (χ2n) is 7.43. The fraction of sp³-hybridized carbons (Fsp3) is 0.364. The van der Waals surface area contributed by atoms with E-state index in [-0.39, 0.29) is 18.6 Å². The number of aromatic nitrogens is 1. The molecule has 0 spiro atoms. The molecular formula is C22H22Cl2N2O3S. The maximum absolute atomic E-state index is 13.2. The topological polar surface area (TPSA) is 51.7 Å². The Kier molecular flexibility index (Phi) is 6.48. The molecule has 3 aromatic rings. The lowest BCUT2D eigenvalue weighted by Gasteiger charge is -2.23. The molecule has 8 heteroatoms. The van der Waals surface area contributed by atoms with Gasteiger partial charge in [0.05, 0.1) is 27.9 Å². The molecule has 158 valence electrons. The average Bonchev–Trinajstić information content (AvgIpc) is 3.34. The summed E-state index contributed by atoms with van der Waals surface area (Å²) in [5.74, 6) is 0.229. The van der Waals surface area contributed by atoms with Crippen molar-refractivity contribution < 1.29 is 14.3 Å². The summed E-state index contributed by atoms with van der Waals surface area (Å²) in [6.45, 7) is 5.14. The summed E-state index contributed by atoms with van der Waals surface area (Å²) < 4.78 is 12.6. The second kappa shape index (κ2) is 9.10. The summed E-state index contributed by atoms with van der Waals surface area (Å²) in [6, 6.07) is 9.09. The molecule has 1 aliphatic heterocycles. The van der Waals surface area contributed by atoms with Gasteiger partial charge in [-0.1, -0.05) is 40.6 Å². The van der Waals surface area contributed by atoms with Crippen LogP contribution in [0, 0.1) is 13.8 Å². The van der Waals surface area contributed by atoms with Gasteiger partial charge in [0.2, 0.25) is 0 Å². The molecular weight excluding hydrogens is 443 g/mol. The molecule has 1 atom stereocenters. The number of carbonyl (C=O) groups is 1. The van der Waals surface area contributed by atoms with Crippen molar-refractivity contribution in [1.29, 1.82) is 0 Å². The van der Waals surface area contributed by atoms with Crippen LogP contribution in [-0.2, 0) is 9.53 Å². The molecule has 5 nitrogen and oxygen atoms in total. The van der Waals surface area contributed by atoms with Gasteiger partial charge in [-0.3, -0.25) is 9.69 Å². The van der Waals surface area contributed by atoms with E-state index in [0.29, 0.717) is 27.5 Å². The second-order valence-corrected chi connectivity index (χ2v) is 9.25. The number of hydrogen-bond acceptors (Lipinski definition) is 5. The fourth-order valence-electron chi connectivity index (χ4n) is 3.57. The number of aryl methyl sites for hydroxylation is 2. The van der Waals surface area contributed by atoms with Crippen molar-refractivity contribution in [2.24, 2.45) is 0 Å². The predicted molar refractivity (Wildman–Crippen MR) is 122 cm³/mol. The van der Waals surface area contributed by atoms with Crippen molar-refractivity contribution >= 4 is 55.8 Å². The maximum atomic E-state index is 13.2. The first kappa shape index (κ1) is 21.4. The molecule has 1 unspecified atom stereocenters. The van der Waals surface area contributed by atoms with E-state index < -0.39 is 0 Å². The van der Waals surface area contributed by atoms with Gasteiger partial charge < -0.3 is 9.47 Å². The summed E-state index contributed by atoms with van der Waals surface area (Å²) in [7, 11) is 0. The molecule has 1 aliphatic rings. The lowest BCUT2D eigenvalue weighted by Crippen LogP contribution is -2.40. The largest absolute Gasteiger partial charge is 0.482 e. The Balaban J connectivity index is 1.59. The van der Waals surface area contributed by atoms with Crippen molar-refractivity contribution in [1.82, 2.24) is 4.98 Å². The first-order chi connectivity index (χ1) is 14.4. The number of nitrogens with zero attached hydrogens (tertiary/aromatic N) is 2. The summed E-state index contributed by atoms with van der Waals surface area (Å²) in [6.07, 6.45) is 1.93. The number of thiazole rings is 1. The van der Waals surface area contributed by atoms with Gasteiger partial charge in [-0.05, 0) is 62.1 Å². The van der Waals surface area contributed by atoms with Gasteiger partial charge in [0.25, 0.3) is 5.91 Å². The van der Waals surface area contributed by atoms with Crippen LogP contribution in [0.5, 0.6) is 5.75 Å². The van der Waals surface area contributed by atoms with Crippen LogP contribution in [0.1, 0.15) is 24.0 Å². The highest BCUT2D eigenvalue weighted by molar-refractivity contribution is 7.22. The maximum Gasteiger partial charge on any atom is 0.266 e. The summed E-state index contributed by atoms with van der Waals surface area (Å²) in [5, 5.41) is 1.54. The van der Waals surface area contributed by atoms with Crippen LogP contribution in [0.2, 0.25) is 10.0 Å². The Hall–Kier alpha value is -1.86. The van der Waals surface area contributed by atoms with Gasteiger partial charge >= 0.3 is 0 Å². The van der Waals surface area contributed by atoms with E-state index in [1.165, 1.54) is 11.3 Å². The molecule has 0 N–H and O–H groups in total. The smallest absolute Gasteiger partial charge is 0.266 e. The first-order valence-corrected chi connectivity index (χ1v) is 11.4. The predicted octanol–water partition coefficient (Wildman–Crippen LogP) is 5.81. The molecule has 1 saturated heterocycles. The number of hydrogen-bond donors (Lipinski definition) is 0. The minimum atomic E-state index is -0.190. The van der Waals surface area contributed by atoms with E-state index in [4.69, 9.17) is 37.7 Å². The highest BCUT2D eigenvalue weighted by atomic mass is 35.5. The lowest BCUT2D eigenvalue weighted by molar-refractivity contribution is -0.120. The highest BCUT2D eigenvalue weighted by Crippen LogP contribution is 2.33. The Morgan fingerprint density at radius 2 is 2.13 bits per heavy atom. The van der Waals surface area contributed by atoms with Crippen molar-refractivity contribution in [2.45, 2.75) is 32.8 Å². The molecule has 30 heavy (non-hydrogen) atoms. The summed E-state index contributed by atoms with van der Waals surface area (Å²) >= 11 is 13.6. The number of anilines is 1. The molecule has 1 fully saturated rings. The van der Waals surface area contributed by atoms with Gasteiger partial charge in [-0.25, -0.2) is 4.98 Å². The summed E-state index contributed by atoms with van der Waals surface area (Å²) in [5.41, 5.74) is 3.20. The van der Waals surface area contributed by atoms with Gasteiger partial charge in [0.1, 0.15) is 5.75 Å². The van der Waals surface area contributed by atoms with Crippen LogP contribution < -0.4 is 9.64 Å². The van der Waals surface area contributed by atoms with Gasteiger partial charge in [-0.15, -0.1) is 0 Å². The van der Waals surface area contributed by atoms with Crippen LogP contribution in [0.25, 0.3) is 10.2 Å². The number of carbonyl (C=O) groups excluding carboxylic acids is 1. The quantitative estimate of drug-likeness (QED) is 0.461. The lowest BCUT2D eigenvalue weighted by atomic mass is 10.1. The van der Waals surface area contributed by atoms with Crippen molar-refractivity contribution in [2.75, 3.05) is 24.7 Å². The van der Waals surface area contributed by atoms with Crippen LogP contribution in [0.3, 0.4) is 0 Å². The number of halogens is 2. The SMILES string of the molecule is Cc1cc(C)c2sc(N(CC3CCCO3)C(=O)COc3ccc(Cl)cc3Cl)nc2c1. The molecule has 4 rings (SSSR count). The van der Waals surface area contributed by atoms with Crippen LogP contribution in [0.15, 0.2) is 30.3 Å². The van der Waals surface area contributed by atoms with Gasteiger partial charge in [-0.2, -0.15) is 0 Å². The normalized spacial score (nSPS) is 16.2. The molecule has 2 heterocycles. The Morgan fingerprint density at radius 1 is 1.30 bits per heavy atom. The van der Waals surface area contributed by atoms with Crippen molar-refractivity contribution in [3.05, 3.63) is 51.5 Å². The van der Waals surface area contributed by atoms with Crippen molar-refractivity contribution in [3.8, 4) is 5.75 Å². The molecule has 1 amide bonds. The van der Waals surface area contributed by atoms with Crippen LogP contribution in [0.4, 0.5) is 5.13 Å². The van der Waals surface area contributed by atoms with Crippen LogP contribution in [-0.4, -0.2) is 36.8 Å². The number of rotatable bonds is 6. The zero-order chi connectivity index (χ0) is 21.3. The number of fused-ring (bicyclic) bond motifs is 1. The highest BCUT2D eigenvalue weighted by Gasteiger charge is 2.27. The Labute approximate surface area is 189 Å². The first-order valence-electron chi connectivity index (χ1n) is 9.78. The Morgan fingerprint density at radius 3 is 2.87 bits per heavy atom. The number of benzene rings is 2. The van der Waals surface area contributed by atoms with Crippen LogP contribution >= 0.6 is 34.5 Å².